The minimum atomic E-state index is 0.340. The molecular formula is C20H24N4S. The van der Waals surface area contributed by atoms with Crippen molar-refractivity contribution in [3.63, 3.8) is 0 Å². The van der Waals surface area contributed by atoms with Gasteiger partial charge in [-0.1, -0.05) is 18.2 Å². The molecule has 3 heterocycles. The average molecular weight is 353 g/mol. The van der Waals surface area contributed by atoms with Crippen LogP contribution in [0.5, 0.6) is 0 Å². The number of hydrogen-bond acceptors (Lipinski definition) is 5. The van der Waals surface area contributed by atoms with Gasteiger partial charge >= 0.3 is 0 Å². The van der Waals surface area contributed by atoms with Crippen molar-refractivity contribution in [2.75, 3.05) is 20.6 Å². The molecule has 0 N–H and O–H groups in total. The van der Waals surface area contributed by atoms with E-state index in [4.69, 9.17) is 4.98 Å². The van der Waals surface area contributed by atoms with Gasteiger partial charge in [0.15, 0.2) is 0 Å². The third-order valence-electron chi connectivity index (χ3n) is 4.71. The van der Waals surface area contributed by atoms with Gasteiger partial charge in [0.25, 0.3) is 0 Å². The van der Waals surface area contributed by atoms with E-state index in [-0.39, 0.29) is 0 Å². The maximum Gasteiger partial charge on any atom is 0.145 e. The molecule has 0 aliphatic carbocycles. The van der Waals surface area contributed by atoms with Crippen LogP contribution in [-0.4, -0.2) is 40.4 Å². The molecule has 130 valence electrons. The molecule has 0 amide bonds. The van der Waals surface area contributed by atoms with Gasteiger partial charge in [-0.25, -0.2) is 9.97 Å². The highest BCUT2D eigenvalue weighted by molar-refractivity contribution is 7.19. The SMILES string of the molecule is CN(C)Cc1ccnc([C@H]2CCCN2Cc2cc3ccccc3s2)n1. The number of thiophene rings is 1. The van der Waals surface area contributed by atoms with Gasteiger partial charge in [-0.3, -0.25) is 4.90 Å². The van der Waals surface area contributed by atoms with Crippen LogP contribution in [0.2, 0.25) is 0 Å². The van der Waals surface area contributed by atoms with Crippen LogP contribution < -0.4 is 0 Å². The molecular weight excluding hydrogens is 328 g/mol. The molecule has 0 saturated carbocycles. The zero-order valence-corrected chi connectivity index (χ0v) is 15.7. The van der Waals surface area contributed by atoms with Crippen molar-refractivity contribution in [2.24, 2.45) is 0 Å². The molecule has 4 nitrogen and oxygen atoms in total. The zero-order chi connectivity index (χ0) is 17.2. The molecule has 25 heavy (non-hydrogen) atoms. The smallest absolute Gasteiger partial charge is 0.145 e. The lowest BCUT2D eigenvalue weighted by molar-refractivity contribution is 0.241. The van der Waals surface area contributed by atoms with Crippen molar-refractivity contribution >= 4 is 21.4 Å². The Labute approximate surface area is 153 Å². The highest BCUT2D eigenvalue weighted by Crippen LogP contribution is 2.34. The van der Waals surface area contributed by atoms with Crippen LogP contribution in [0, 0.1) is 0 Å². The van der Waals surface area contributed by atoms with Crippen molar-refractivity contribution < 1.29 is 0 Å². The molecule has 5 heteroatoms. The summed E-state index contributed by atoms with van der Waals surface area (Å²) < 4.78 is 1.37. The Morgan fingerprint density at radius 1 is 1.24 bits per heavy atom. The first-order chi connectivity index (χ1) is 12.2. The van der Waals surface area contributed by atoms with E-state index < -0.39 is 0 Å². The summed E-state index contributed by atoms with van der Waals surface area (Å²) in [4.78, 5) is 15.6. The highest BCUT2D eigenvalue weighted by atomic mass is 32.1. The second-order valence-corrected chi connectivity index (χ2v) is 8.19. The summed E-state index contributed by atoms with van der Waals surface area (Å²) in [5.74, 6) is 0.984. The minimum absolute atomic E-state index is 0.340. The molecule has 0 bridgehead atoms. The highest BCUT2D eigenvalue weighted by Gasteiger charge is 2.28. The molecule has 1 aliphatic heterocycles. The van der Waals surface area contributed by atoms with Crippen LogP contribution in [0.4, 0.5) is 0 Å². The first-order valence-corrected chi connectivity index (χ1v) is 9.69. The van der Waals surface area contributed by atoms with Crippen molar-refractivity contribution in [1.82, 2.24) is 19.8 Å². The molecule has 1 atom stereocenters. The minimum Gasteiger partial charge on any atom is -0.304 e. The summed E-state index contributed by atoms with van der Waals surface area (Å²) in [6.07, 6.45) is 4.28. The number of benzene rings is 1. The summed E-state index contributed by atoms with van der Waals surface area (Å²) in [5.41, 5.74) is 1.10. The molecule has 1 aliphatic rings. The third kappa shape index (κ3) is 3.73. The normalized spacial score (nSPS) is 18.4. The molecule has 0 unspecified atom stereocenters. The summed E-state index contributed by atoms with van der Waals surface area (Å²) in [7, 11) is 4.15. The first-order valence-electron chi connectivity index (χ1n) is 8.87. The predicted octanol–water partition coefficient (Wildman–Crippen LogP) is 4.09. The van der Waals surface area contributed by atoms with E-state index in [0.717, 1.165) is 37.6 Å². The van der Waals surface area contributed by atoms with E-state index in [9.17, 15) is 0 Å². The van der Waals surface area contributed by atoms with Gasteiger partial charge in [0.1, 0.15) is 5.82 Å². The van der Waals surface area contributed by atoms with Crippen LogP contribution in [0.1, 0.15) is 35.3 Å². The zero-order valence-electron chi connectivity index (χ0n) is 14.9. The summed E-state index contributed by atoms with van der Waals surface area (Å²) in [6.45, 7) is 2.98. The predicted molar refractivity (Wildman–Crippen MR) is 104 cm³/mol. The van der Waals surface area contributed by atoms with Gasteiger partial charge in [-0.2, -0.15) is 0 Å². The van der Waals surface area contributed by atoms with Gasteiger partial charge in [0.2, 0.25) is 0 Å². The van der Waals surface area contributed by atoms with Crippen LogP contribution in [-0.2, 0) is 13.1 Å². The fourth-order valence-corrected chi connectivity index (χ4v) is 4.70. The molecule has 0 spiro atoms. The molecule has 4 rings (SSSR count). The van der Waals surface area contributed by atoms with E-state index in [0.29, 0.717) is 6.04 Å². The summed E-state index contributed by atoms with van der Waals surface area (Å²) in [6, 6.07) is 13.3. The maximum absolute atomic E-state index is 4.84. The fraction of sp³-hybridized carbons (Fsp3) is 0.400. The number of hydrogen-bond donors (Lipinski definition) is 0. The molecule has 1 aromatic carbocycles. The van der Waals surface area contributed by atoms with Gasteiger partial charge in [0.05, 0.1) is 11.7 Å². The second-order valence-electron chi connectivity index (χ2n) is 7.02. The first kappa shape index (κ1) is 16.6. The Kier molecular flexibility index (Phi) is 4.79. The lowest BCUT2D eigenvalue weighted by Crippen LogP contribution is -2.24. The van der Waals surface area contributed by atoms with Crippen molar-refractivity contribution in [3.8, 4) is 0 Å². The number of nitrogens with zero attached hydrogens (tertiary/aromatic N) is 4. The maximum atomic E-state index is 4.84. The van der Waals surface area contributed by atoms with Gasteiger partial charge in [-0.05, 0) is 57.1 Å². The number of likely N-dealkylation sites (tertiary alicyclic amines) is 1. The monoisotopic (exact) mass is 352 g/mol. The molecule has 0 radical (unpaired) electrons. The largest absolute Gasteiger partial charge is 0.304 e. The van der Waals surface area contributed by atoms with Crippen LogP contribution in [0.25, 0.3) is 10.1 Å². The fourth-order valence-electron chi connectivity index (χ4n) is 3.61. The number of rotatable bonds is 5. The Balaban J connectivity index is 1.54. The van der Waals surface area contributed by atoms with Crippen molar-refractivity contribution in [1.29, 1.82) is 0 Å². The molecule has 2 aromatic heterocycles. The quantitative estimate of drug-likeness (QED) is 0.692. The van der Waals surface area contributed by atoms with Crippen LogP contribution in [0.3, 0.4) is 0 Å². The van der Waals surface area contributed by atoms with E-state index in [2.05, 4.69) is 59.2 Å². The summed E-state index contributed by atoms with van der Waals surface area (Å²) in [5, 5.41) is 1.35. The third-order valence-corrected chi connectivity index (χ3v) is 5.81. The average Bonchev–Trinajstić information content (AvgIpc) is 3.20. The standard InChI is InChI=1S/C20H24N4S/c1-23(2)13-16-9-10-21-20(22-16)18-7-5-11-24(18)14-17-12-15-6-3-4-8-19(15)25-17/h3-4,6,8-10,12,18H,5,7,11,13-14H2,1-2H3/t18-/m1/s1. The molecule has 1 fully saturated rings. The van der Waals surface area contributed by atoms with E-state index in [1.54, 1.807) is 0 Å². The lowest BCUT2D eigenvalue weighted by Gasteiger charge is -2.23. The Morgan fingerprint density at radius 3 is 2.96 bits per heavy atom. The van der Waals surface area contributed by atoms with Gasteiger partial charge < -0.3 is 4.90 Å². The Morgan fingerprint density at radius 2 is 2.12 bits per heavy atom. The summed E-state index contributed by atoms with van der Waals surface area (Å²) >= 11 is 1.90. The Bertz CT molecular complexity index is 825. The van der Waals surface area contributed by atoms with Crippen molar-refractivity contribution in [3.05, 3.63) is 59.0 Å². The number of aromatic nitrogens is 2. The van der Waals surface area contributed by atoms with E-state index in [1.165, 1.54) is 21.4 Å². The molecule has 3 aromatic rings. The second kappa shape index (κ2) is 7.20. The van der Waals surface area contributed by atoms with Crippen LogP contribution in [0.15, 0.2) is 42.6 Å². The van der Waals surface area contributed by atoms with Gasteiger partial charge in [-0.15, -0.1) is 11.3 Å². The topological polar surface area (TPSA) is 32.3 Å². The van der Waals surface area contributed by atoms with E-state index >= 15 is 0 Å². The van der Waals surface area contributed by atoms with Crippen molar-refractivity contribution in [2.45, 2.75) is 32.0 Å². The Hall–Kier alpha value is -1.82. The van der Waals surface area contributed by atoms with Crippen LogP contribution >= 0.6 is 11.3 Å². The lowest BCUT2D eigenvalue weighted by atomic mass is 10.2. The molecule has 1 saturated heterocycles. The van der Waals surface area contributed by atoms with E-state index in [1.807, 2.05) is 23.6 Å². The number of fused-ring (bicyclic) bond motifs is 1. The van der Waals surface area contributed by atoms with Gasteiger partial charge in [0, 0.05) is 28.9 Å².